The highest BCUT2D eigenvalue weighted by Gasteiger charge is 2.08. The summed E-state index contributed by atoms with van der Waals surface area (Å²) in [5, 5.41) is 4.01. The predicted molar refractivity (Wildman–Crippen MR) is 86.0 cm³/mol. The fourth-order valence-corrected chi connectivity index (χ4v) is 2.09. The lowest BCUT2D eigenvalue weighted by atomic mass is 10.2. The van der Waals surface area contributed by atoms with Crippen molar-refractivity contribution in [3.8, 4) is 5.75 Å². The molecule has 0 bridgehead atoms. The quantitative estimate of drug-likeness (QED) is 0.505. The van der Waals surface area contributed by atoms with E-state index in [4.69, 9.17) is 9.15 Å². The molecule has 3 rings (SSSR count). The SMILES string of the molecule is Cn1ccc(C(=O)/C=C/c2ccc(COc3ccc(F)cc3F)o2)n1. The van der Waals surface area contributed by atoms with Crippen molar-refractivity contribution in [3.05, 3.63) is 77.5 Å². The van der Waals surface area contributed by atoms with Crippen LogP contribution < -0.4 is 4.74 Å². The number of benzene rings is 1. The van der Waals surface area contributed by atoms with Crippen molar-refractivity contribution < 1.29 is 22.7 Å². The Kier molecular flexibility index (Phi) is 4.74. The highest BCUT2D eigenvalue weighted by Crippen LogP contribution is 2.20. The first-order chi connectivity index (χ1) is 12.0. The lowest BCUT2D eigenvalue weighted by Gasteiger charge is -2.05. The maximum atomic E-state index is 13.5. The van der Waals surface area contributed by atoms with Crippen LogP contribution in [0.1, 0.15) is 22.0 Å². The molecule has 0 aliphatic carbocycles. The van der Waals surface area contributed by atoms with Gasteiger partial charge in [0.25, 0.3) is 0 Å². The minimum absolute atomic E-state index is 0.0232. The second-order valence-corrected chi connectivity index (χ2v) is 5.24. The van der Waals surface area contributed by atoms with Crippen LogP contribution in [0.5, 0.6) is 5.75 Å². The van der Waals surface area contributed by atoms with Gasteiger partial charge in [-0.25, -0.2) is 8.78 Å². The third kappa shape index (κ3) is 4.20. The molecule has 5 nitrogen and oxygen atoms in total. The second kappa shape index (κ2) is 7.12. The van der Waals surface area contributed by atoms with Gasteiger partial charge in [0, 0.05) is 19.3 Å². The second-order valence-electron chi connectivity index (χ2n) is 5.24. The number of aromatic nitrogens is 2. The van der Waals surface area contributed by atoms with Crippen molar-refractivity contribution in [2.24, 2.45) is 7.05 Å². The van der Waals surface area contributed by atoms with Gasteiger partial charge in [-0.05, 0) is 42.5 Å². The third-order valence-corrected chi connectivity index (χ3v) is 3.31. The van der Waals surface area contributed by atoms with Gasteiger partial charge in [0.15, 0.2) is 11.6 Å². The monoisotopic (exact) mass is 344 g/mol. The van der Waals surface area contributed by atoms with E-state index in [1.165, 1.54) is 22.9 Å². The molecule has 0 aliphatic rings. The minimum Gasteiger partial charge on any atom is -0.483 e. The van der Waals surface area contributed by atoms with Crippen LogP contribution in [0.4, 0.5) is 8.78 Å². The zero-order valence-corrected chi connectivity index (χ0v) is 13.3. The topological polar surface area (TPSA) is 57.3 Å². The molecule has 0 saturated heterocycles. The summed E-state index contributed by atoms with van der Waals surface area (Å²) in [5.74, 6) is -0.889. The first-order valence-corrected chi connectivity index (χ1v) is 7.40. The number of ketones is 1. The van der Waals surface area contributed by atoms with E-state index >= 15 is 0 Å². The fraction of sp³-hybridized carbons (Fsp3) is 0.111. The van der Waals surface area contributed by atoms with Crippen LogP contribution in [0.2, 0.25) is 0 Å². The molecule has 0 N–H and O–H groups in total. The normalized spacial score (nSPS) is 11.2. The Morgan fingerprint density at radius 2 is 2.12 bits per heavy atom. The number of aryl methyl sites for hydroxylation is 1. The fourth-order valence-electron chi connectivity index (χ4n) is 2.09. The van der Waals surface area contributed by atoms with Crippen LogP contribution in [0.25, 0.3) is 6.08 Å². The average molecular weight is 344 g/mol. The molecule has 0 unspecified atom stereocenters. The van der Waals surface area contributed by atoms with E-state index in [1.807, 2.05) is 0 Å². The molecule has 2 heterocycles. The highest BCUT2D eigenvalue weighted by atomic mass is 19.1. The van der Waals surface area contributed by atoms with Gasteiger partial charge >= 0.3 is 0 Å². The molecular weight excluding hydrogens is 330 g/mol. The summed E-state index contributed by atoms with van der Waals surface area (Å²) in [7, 11) is 1.73. The van der Waals surface area contributed by atoms with Gasteiger partial charge in [-0.15, -0.1) is 0 Å². The van der Waals surface area contributed by atoms with E-state index in [0.29, 0.717) is 17.2 Å². The van der Waals surface area contributed by atoms with Crippen molar-refractivity contribution in [3.63, 3.8) is 0 Å². The van der Waals surface area contributed by atoms with Gasteiger partial charge in [-0.1, -0.05) is 0 Å². The van der Waals surface area contributed by atoms with Crippen molar-refractivity contribution in [2.75, 3.05) is 0 Å². The summed E-state index contributed by atoms with van der Waals surface area (Å²) >= 11 is 0. The molecule has 0 aliphatic heterocycles. The molecule has 25 heavy (non-hydrogen) atoms. The summed E-state index contributed by atoms with van der Waals surface area (Å²) in [4.78, 5) is 11.9. The molecular formula is C18H14F2N2O3. The number of carbonyl (C=O) groups is 1. The molecule has 0 saturated carbocycles. The van der Waals surface area contributed by atoms with Crippen LogP contribution in [-0.4, -0.2) is 15.6 Å². The van der Waals surface area contributed by atoms with Gasteiger partial charge in [-0.2, -0.15) is 5.10 Å². The molecule has 0 fully saturated rings. The van der Waals surface area contributed by atoms with E-state index in [-0.39, 0.29) is 18.1 Å². The Bertz CT molecular complexity index is 928. The van der Waals surface area contributed by atoms with Gasteiger partial charge in [0.1, 0.15) is 29.6 Å². The average Bonchev–Trinajstić information content (AvgIpc) is 3.21. The number of carbonyl (C=O) groups excluding carboxylic acids is 1. The number of allylic oxidation sites excluding steroid dienone is 1. The number of hydrogen-bond donors (Lipinski definition) is 0. The summed E-state index contributed by atoms with van der Waals surface area (Å²) in [6.07, 6.45) is 4.54. The van der Waals surface area contributed by atoms with Crippen molar-refractivity contribution >= 4 is 11.9 Å². The van der Waals surface area contributed by atoms with Gasteiger partial charge in [-0.3, -0.25) is 9.48 Å². The van der Waals surface area contributed by atoms with Gasteiger partial charge in [0.2, 0.25) is 5.78 Å². The first kappa shape index (κ1) is 16.6. The molecule has 1 aromatic carbocycles. The summed E-state index contributed by atoms with van der Waals surface area (Å²) in [6, 6.07) is 7.98. The zero-order chi connectivity index (χ0) is 17.8. The molecule has 128 valence electrons. The van der Waals surface area contributed by atoms with E-state index in [9.17, 15) is 13.6 Å². The van der Waals surface area contributed by atoms with Crippen LogP contribution >= 0.6 is 0 Å². The largest absolute Gasteiger partial charge is 0.483 e. The predicted octanol–water partition coefficient (Wildman–Crippen LogP) is 3.77. The maximum Gasteiger partial charge on any atom is 0.206 e. The van der Waals surface area contributed by atoms with Gasteiger partial charge < -0.3 is 9.15 Å². The zero-order valence-electron chi connectivity index (χ0n) is 13.3. The molecule has 7 heteroatoms. The molecule has 0 amide bonds. The summed E-state index contributed by atoms with van der Waals surface area (Å²) in [5.41, 5.74) is 0.334. The Balaban J connectivity index is 1.60. The van der Waals surface area contributed by atoms with Crippen molar-refractivity contribution in [1.82, 2.24) is 9.78 Å². The number of nitrogens with zero attached hydrogens (tertiary/aromatic N) is 2. The van der Waals surface area contributed by atoms with Crippen LogP contribution in [-0.2, 0) is 13.7 Å². The van der Waals surface area contributed by atoms with E-state index in [0.717, 1.165) is 12.1 Å². The molecule has 2 aromatic heterocycles. The number of hydrogen-bond acceptors (Lipinski definition) is 4. The lowest BCUT2D eigenvalue weighted by molar-refractivity contribution is 0.104. The van der Waals surface area contributed by atoms with Crippen LogP contribution in [0.3, 0.4) is 0 Å². The van der Waals surface area contributed by atoms with Gasteiger partial charge in [0.05, 0.1) is 0 Å². The smallest absolute Gasteiger partial charge is 0.206 e. The number of rotatable bonds is 6. The number of ether oxygens (including phenoxy) is 1. The Labute approximate surface area is 142 Å². The molecule has 0 atom stereocenters. The highest BCUT2D eigenvalue weighted by molar-refractivity contribution is 6.05. The lowest BCUT2D eigenvalue weighted by Crippen LogP contribution is -1.97. The van der Waals surface area contributed by atoms with E-state index in [1.54, 1.807) is 31.4 Å². The third-order valence-electron chi connectivity index (χ3n) is 3.31. The Hall–Kier alpha value is -3.22. The maximum absolute atomic E-state index is 13.5. The van der Waals surface area contributed by atoms with Crippen molar-refractivity contribution in [1.29, 1.82) is 0 Å². The molecule has 3 aromatic rings. The molecule has 0 radical (unpaired) electrons. The number of furan rings is 1. The standard InChI is InChI=1S/C18H14F2N2O3/c1-22-9-8-16(21-22)17(23)6-5-13-3-4-14(25-13)11-24-18-7-2-12(19)10-15(18)20/h2-10H,11H2,1H3/b6-5+. The van der Waals surface area contributed by atoms with E-state index in [2.05, 4.69) is 5.10 Å². The Morgan fingerprint density at radius 3 is 2.84 bits per heavy atom. The van der Waals surface area contributed by atoms with Crippen molar-refractivity contribution in [2.45, 2.75) is 6.61 Å². The minimum atomic E-state index is -0.785. The molecule has 0 spiro atoms. The van der Waals surface area contributed by atoms with E-state index < -0.39 is 11.6 Å². The van der Waals surface area contributed by atoms with Crippen LogP contribution in [0.15, 0.2) is 53.1 Å². The Morgan fingerprint density at radius 1 is 1.28 bits per heavy atom. The van der Waals surface area contributed by atoms with Crippen LogP contribution in [0, 0.1) is 11.6 Å². The number of halogens is 2. The summed E-state index contributed by atoms with van der Waals surface area (Å²) in [6.45, 7) is -0.0232. The first-order valence-electron chi connectivity index (χ1n) is 7.40. The summed E-state index contributed by atoms with van der Waals surface area (Å²) < 4.78 is 38.6.